The molecule has 5 heteroatoms. The minimum absolute atomic E-state index is 0. The topological polar surface area (TPSA) is 85.5 Å². The zero-order chi connectivity index (χ0) is 0. The largest absolute Gasteiger partial charge is 3.00 e. The molecule has 28 valence electrons. The first-order chi connectivity index (χ1) is 0. The van der Waals surface area contributed by atoms with Gasteiger partial charge in [-0.1, -0.05) is 0 Å². The van der Waals surface area contributed by atoms with E-state index < -0.39 is 0 Å². The molecule has 0 aliphatic carbocycles. The Labute approximate surface area is 61.1 Å². The fourth-order valence-electron chi connectivity index (χ4n) is 0. The van der Waals surface area contributed by atoms with Crippen LogP contribution >= 0.6 is 0 Å². The molecule has 0 N–H and O–H groups in total. The smallest absolute Gasteiger partial charge is 2.00 e. The molecule has 0 unspecified atom stereocenters. The van der Waals surface area contributed by atoms with Gasteiger partial charge in [0.1, 0.15) is 0 Å². The Kier molecular flexibility index (Phi) is 1090. The monoisotopic (exact) mass is 410 g/mol. The summed E-state index contributed by atoms with van der Waals surface area (Å²) in [6.07, 6.45) is 0. The molecule has 0 saturated heterocycles. The van der Waals surface area contributed by atoms with Crippen LogP contribution in [0, 0.1) is 0 Å². The van der Waals surface area contributed by atoms with Gasteiger partial charge in [-0.15, -0.1) is 0 Å². The van der Waals surface area contributed by atoms with Crippen LogP contribution < -0.4 is 0 Å². The second kappa shape index (κ2) is 55.1. The first-order valence-corrected chi connectivity index (χ1v) is 0. The Morgan fingerprint density at radius 2 is 0.400 bits per heavy atom. The number of hydrogen-bond acceptors (Lipinski definition) is 0. The second-order valence-electron chi connectivity index (χ2n) is 0. The van der Waals surface area contributed by atoms with Crippen molar-refractivity contribution in [3.05, 3.63) is 0 Å². The molecule has 0 amide bonds. The summed E-state index contributed by atoms with van der Waals surface area (Å²) in [5.74, 6) is 0. The van der Waals surface area contributed by atoms with Crippen molar-refractivity contribution in [2.45, 2.75) is 0 Å². The summed E-state index contributed by atoms with van der Waals surface area (Å²) >= 11 is 0. The van der Waals surface area contributed by atoms with E-state index in [1.54, 1.807) is 0 Å². The summed E-state index contributed by atoms with van der Waals surface area (Å²) in [4.78, 5) is 0. The summed E-state index contributed by atoms with van der Waals surface area (Å²) in [7, 11) is 0. The van der Waals surface area contributed by atoms with E-state index in [9.17, 15) is 0 Å². The summed E-state index contributed by atoms with van der Waals surface area (Å²) < 4.78 is 0. The molecule has 0 spiro atoms. The third-order valence-corrected chi connectivity index (χ3v) is 0. The van der Waals surface area contributed by atoms with Crippen molar-refractivity contribution in [3.8, 4) is 0 Å². The Morgan fingerprint density at radius 3 is 0.400 bits per heavy atom. The SMILES string of the molecule is [O-2].[O-2].[O-2].[Ta+3].[Ta+3]. The van der Waals surface area contributed by atoms with Crippen LogP contribution in [0.1, 0.15) is 0 Å². The van der Waals surface area contributed by atoms with Crippen molar-refractivity contribution in [2.24, 2.45) is 0 Å². The molecule has 0 aromatic carbocycles. The predicted molar refractivity (Wildman–Crippen MR) is 2.06 cm³/mol. The average molecular weight is 410 g/mol. The van der Waals surface area contributed by atoms with Crippen molar-refractivity contribution >= 4 is 0 Å². The van der Waals surface area contributed by atoms with Crippen LogP contribution in [0.5, 0.6) is 0 Å². The van der Waals surface area contributed by atoms with Crippen molar-refractivity contribution in [1.29, 1.82) is 0 Å². The fraction of sp³-hybridized carbons (Fsp3) is 0. The molecule has 0 aromatic rings. The van der Waals surface area contributed by atoms with Crippen LogP contribution in [0.4, 0.5) is 0 Å². The van der Waals surface area contributed by atoms with E-state index in [2.05, 4.69) is 0 Å². The maximum absolute atomic E-state index is 0. The van der Waals surface area contributed by atoms with Gasteiger partial charge in [0.25, 0.3) is 0 Å². The molecule has 0 heterocycles. The van der Waals surface area contributed by atoms with Gasteiger partial charge < -0.3 is 16.4 Å². The van der Waals surface area contributed by atoms with Crippen molar-refractivity contribution in [2.75, 3.05) is 0 Å². The molecule has 0 bridgehead atoms. The maximum atomic E-state index is 0. The van der Waals surface area contributed by atoms with Crippen molar-refractivity contribution in [1.82, 2.24) is 0 Å². The molecule has 0 rings (SSSR count). The minimum Gasteiger partial charge on any atom is -2.00 e. The van der Waals surface area contributed by atoms with E-state index in [0.717, 1.165) is 0 Å². The van der Waals surface area contributed by atoms with E-state index in [0.29, 0.717) is 0 Å². The van der Waals surface area contributed by atoms with Crippen LogP contribution in [0.25, 0.3) is 0 Å². The molecule has 0 fully saturated rings. The Hall–Kier alpha value is 1.36. The van der Waals surface area contributed by atoms with Gasteiger partial charge >= 0.3 is 44.8 Å². The van der Waals surface area contributed by atoms with Gasteiger partial charge in [-0.25, -0.2) is 0 Å². The Balaban J connectivity index is 0. The van der Waals surface area contributed by atoms with Crippen molar-refractivity contribution < 1.29 is 61.2 Å². The van der Waals surface area contributed by atoms with Gasteiger partial charge in [-0.3, -0.25) is 0 Å². The van der Waals surface area contributed by atoms with Crippen LogP contribution in [0.15, 0.2) is 0 Å². The normalized spacial score (nSPS) is 0. The molecular weight excluding hydrogens is 410 g/mol. The van der Waals surface area contributed by atoms with Gasteiger partial charge in [0, 0.05) is 0 Å². The third-order valence-electron chi connectivity index (χ3n) is 0. The molecule has 0 aromatic heterocycles. The van der Waals surface area contributed by atoms with E-state index in [1.807, 2.05) is 0 Å². The van der Waals surface area contributed by atoms with Gasteiger partial charge in [-0.2, -0.15) is 0 Å². The van der Waals surface area contributed by atoms with Gasteiger partial charge in [0.2, 0.25) is 0 Å². The summed E-state index contributed by atoms with van der Waals surface area (Å²) in [6, 6.07) is 0. The van der Waals surface area contributed by atoms with Crippen molar-refractivity contribution in [3.63, 3.8) is 0 Å². The molecule has 0 atom stereocenters. The van der Waals surface area contributed by atoms with Crippen LogP contribution in [0.3, 0.4) is 0 Å². The van der Waals surface area contributed by atoms with Gasteiger partial charge in [0.15, 0.2) is 0 Å². The van der Waals surface area contributed by atoms with Crippen LogP contribution in [-0.4, -0.2) is 0 Å². The number of hydrogen-bond donors (Lipinski definition) is 0. The molecule has 0 saturated carbocycles. The Morgan fingerprint density at radius 1 is 0.400 bits per heavy atom. The number of rotatable bonds is 0. The van der Waals surface area contributed by atoms with Crippen LogP contribution in [-0.2, 0) is 61.2 Å². The summed E-state index contributed by atoms with van der Waals surface area (Å²) in [5.41, 5.74) is 0. The first-order valence-electron chi connectivity index (χ1n) is 0. The molecule has 0 aliphatic heterocycles. The molecular formula is O3Ta2. The Bertz CT molecular complexity index is 4.85. The first kappa shape index (κ1) is 98.7. The third kappa shape index (κ3) is 32.7. The average Bonchev–Trinajstić information content (AvgIpc) is 0. The van der Waals surface area contributed by atoms with E-state index in [-0.39, 0.29) is 61.2 Å². The molecule has 0 aliphatic rings. The predicted octanol–water partition coefficient (Wildman–Crippen LogP) is -0.361. The van der Waals surface area contributed by atoms with E-state index in [1.165, 1.54) is 0 Å². The van der Waals surface area contributed by atoms with E-state index >= 15 is 0 Å². The minimum atomic E-state index is 0. The summed E-state index contributed by atoms with van der Waals surface area (Å²) in [5, 5.41) is 0. The second-order valence-corrected chi connectivity index (χ2v) is 0. The zero-order valence-electron chi connectivity index (χ0n) is 2.12. The van der Waals surface area contributed by atoms with Gasteiger partial charge in [0.05, 0.1) is 0 Å². The quantitative estimate of drug-likeness (QED) is 0.523. The standard InChI is InChI=1S/3O.2Ta/q3*-2;2*+3. The maximum Gasteiger partial charge on any atom is 3.00 e. The zero-order valence-corrected chi connectivity index (χ0v) is 8.55. The molecule has 3 nitrogen and oxygen atoms in total. The summed E-state index contributed by atoms with van der Waals surface area (Å²) in [6.45, 7) is 0. The molecule has 0 radical (unpaired) electrons. The van der Waals surface area contributed by atoms with Gasteiger partial charge in [-0.05, 0) is 0 Å². The fourth-order valence-corrected chi connectivity index (χ4v) is 0. The molecule has 5 heavy (non-hydrogen) atoms. The van der Waals surface area contributed by atoms with E-state index in [4.69, 9.17) is 0 Å². The van der Waals surface area contributed by atoms with Crippen LogP contribution in [0.2, 0.25) is 0 Å².